The van der Waals surface area contributed by atoms with E-state index >= 15 is 0 Å². The molecule has 0 radical (unpaired) electrons. The van der Waals surface area contributed by atoms with Crippen molar-refractivity contribution in [1.82, 2.24) is 9.97 Å². The van der Waals surface area contributed by atoms with Crippen molar-refractivity contribution in [3.63, 3.8) is 0 Å². The summed E-state index contributed by atoms with van der Waals surface area (Å²) in [4.78, 5) is 25.7. The quantitative estimate of drug-likeness (QED) is 0.859. The number of anilines is 3. The first-order chi connectivity index (χ1) is 12.6. The van der Waals surface area contributed by atoms with E-state index < -0.39 is 0 Å². The Morgan fingerprint density at radius 1 is 1.23 bits per heavy atom. The molecule has 0 bridgehead atoms. The fraction of sp³-hybridized carbons (Fsp3) is 0.421. The molecule has 1 fully saturated rings. The van der Waals surface area contributed by atoms with E-state index in [-0.39, 0.29) is 5.91 Å². The second-order valence-electron chi connectivity index (χ2n) is 6.41. The summed E-state index contributed by atoms with van der Waals surface area (Å²) in [5.41, 5.74) is 1.15. The molecular weight excluding hydrogens is 330 g/mol. The van der Waals surface area contributed by atoms with Gasteiger partial charge in [0.1, 0.15) is 11.4 Å². The molecule has 2 aromatic rings. The maximum Gasteiger partial charge on any atom is 0.255 e. The normalized spacial score (nSPS) is 13.6. The molecule has 1 saturated heterocycles. The Balaban J connectivity index is 1.78. The van der Waals surface area contributed by atoms with Crippen LogP contribution in [0.15, 0.2) is 30.5 Å². The van der Waals surface area contributed by atoms with Gasteiger partial charge in [-0.3, -0.25) is 4.79 Å². The number of hydrogen-bond acceptors (Lipinski definition) is 6. The fourth-order valence-electron chi connectivity index (χ4n) is 2.93. The van der Waals surface area contributed by atoms with Gasteiger partial charge in [-0.1, -0.05) is 0 Å². The summed E-state index contributed by atoms with van der Waals surface area (Å²) in [6.45, 7) is 4.48. The molecule has 1 aromatic heterocycles. The third-order valence-electron chi connectivity index (χ3n) is 4.24. The molecule has 0 saturated carbocycles. The maximum absolute atomic E-state index is 12.6. The van der Waals surface area contributed by atoms with Gasteiger partial charge in [0.05, 0.1) is 12.8 Å². The highest BCUT2D eigenvalue weighted by molar-refractivity contribution is 6.05. The highest BCUT2D eigenvalue weighted by atomic mass is 16.5. The second kappa shape index (κ2) is 8.03. The van der Waals surface area contributed by atoms with Crippen LogP contribution in [0.2, 0.25) is 0 Å². The van der Waals surface area contributed by atoms with Crippen LogP contribution in [-0.4, -0.2) is 49.7 Å². The van der Waals surface area contributed by atoms with Gasteiger partial charge in [-0.2, -0.15) is 4.98 Å². The van der Waals surface area contributed by atoms with E-state index in [1.165, 1.54) is 0 Å². The molecule has 0 aliphatic carbocycles. The monoisotopic (exact) mass is 355 g/mol. The average Bonchev–Trinajstić information content (AvgIpc) is 3.17. The van der Waals surface area contributed by atoms with Crippen LogP contribution in [-0.2, 0) is 0 Å². The van der Waals surface area contributed by atoms with E-state index in [4.69, 9.17) is 4.74 Å². The number of aromatic nitrogens is 2. The molecule has 26 heavy (non-hydrogen) atoms. The Bertz CT molecular complexity index is 755. The van der Waals surface area contributed by atoms with Gasteiger partial charge >= 0.3 is 0 Å². The van der Waals surface area contributed by atoms with Crippen molar-refractivity contribution in [1.29, 1.82) is 0 Å². The SMILES string of the molecule is CCOc1ccc(C(=O)Nc2cnc(N3CCCC3)nc2N(C)C)cc1. The van der Waals surface area contributed by atoms with Crippen molar-refractivity contribution < 1.29 is 9.53 Å². The third kappa shape index (κ3) is 4.04. The van der Waals surface area contributed by atoms with Crippen LogP contribution < -0.4 is 19.9 Å². The first-order valence-corrected chi connectivity index (χ1v) is 8.92. The van der Waals surface area contributed by atoms with Crippen LogP contribution in [0.5, 0.6) is 5.75 Å². The molecule has 0 atom stereocenters. The van der Waals surface area contributed by atoms with Gasteiger partial charge in [0, 0.05) is 32.7 Å². The Hall–Kier alpha value is -2.83. The van der Waals surface area contributed by atoms with E-state index in [2.05, 4.69) is 20.2 Å². The Labute approximate surface area is 154 Å². The number of carbonyl (C=O) groups is 1. The molecular formula is C19H25N5O2. The summed E-state index contributed by atoms with van der Waals surface area (Å²) >= 11 is 0. The van der Waals surface area contributed by atoms with E-state index in [1.54, 1.807) is 30.5 Å². The maximum atomic E-state index is 12.6. The zero-order valence-electron chi connectivity index (χ0n) is 15.5. The number of nitrogens with zero attached hydrogens (tertiary/aromatic N) is 4. The zero-order valence-corrected chi connectivity index (χ0v) is 15.5. The summed E-state index contributed by atoms with van der Waals surface area (Å²) in [5, 5.41) is 2.91. The molecule has 7 heteroatoms. The molecule has 7 nitrogen and oxygen atoms in total. The Kier molecular flexibility index (Phi) is 5.55. The largest absolute Gasteiger partial charge is 0.494 e. The van der Waals surface area contributed by atoms with Crippen LogP contribution in [0.4, 0.5) is 17.5 Å². The lowest BCUT2D eigenvalue weighted by atomic mass is 10.2. The van der Waals surface area contributed by atoms with Crippen LogP contribution in [0.25, 0.3) is 0 Å². The Morgan fingerprint density at radius 3 is 2.54 bits per heavy atom. The van der Waals surface area contributed by atoms with Crippen molar-refractivity contribution in [2.75, 3.05) is 48.9 Å². The van der Waals surface area contributed by atoms with Gasteiger partial charge in [-0.15, -0.1) is 0 Å². The Morgan fingerprint density at radius 2 is 1.92 bits per heavy atom. The van der Waals surface area contributed by atoms with Crippen molar-refractivity contribution in [3.8, 4) is 5.75 Å². The second-order valence-corrected chi connectivity index (χ2v) is 6.41. The van der Waals surface area contributed by atoms with Crippen LogP contribution in [0.3, 0.4) is 0 Å². The number of benzene rings is 1. The zero-order chi connectivity index (χ0) is 18.5. The van der Waals surface area contributed by atoms with Crippen LogP contribution in [0.1, 0.15) is 30.1 Å². The molecule has 1 aromatic carbocycles. The predicted octanol–water partition coefficient (Wildman–Crippen LogP) is 2.79. The van der Waals surface area contributed by atoms with Gasteiger partial charge in [0.15, 0.2) is 5.82 Å². The number of rotatable bonds is 6. The smallest absolute Gasteiger partial charge is 0.255 e. The van der Waals surface area contributed by atoms with Crippen molar-refractivity contribution in [2.45, 2.75) is 19.8 Å². The highest BCUT2D eigenvalue weighted by Crippen LogP contribution is 2.26. The number of amides is 1. The molecule has 1 N–H and O–H groups in total. The molecule has 1 amide bonds. The van der Waals surface area contributed by atoms with Crippen molar-refractivity contribution >= 4 is 23.4 Å². The number of hydrogen-bond donors (Lipinski definition) is 1. The molecule has 2 heterocycles. The predicted molar refractivity (Wildman–Crippen MR) is 103 cm³/mol. The fourth-order valence-corrected chi connectivity index (χ4v) is 2.93. The number of ether oxygens (including phenoxy) is 1. The van der Waals surface area contributed by atoms with E-state index in [0.29, 0.717) is 29.6 Å². The highest BCUT2D eigenvalue weighted by Gasteiger charge is 2.19. The first-order valence-electron chi connectivity index (χ1n) is 8.92. The van der Waals surface area contributed by atoms with E-state index in [9.17, 15) is 4.79 Å². The van der Waals surface area contributed by atoms with Crippen LogP contribution >= 0.6 is 0 Å². The lowest BCUT2D eigenvalue weighted by Crippen LogP contribution is -2.23. The van der Waals surface area contributed by atoms with E-state index in [0.717, 1.165) is 31.7 Å². The number of nitrogens with one attached hydrogen (secondary N) is 1. The van der Waals surface area contributed by atoms with Crippen LogP contribution in [0, 0.1) is 0 Å². The summed E-state index contributed by atoms with van der Waals surface area (Å²) in [6.07, 6.45) is 4.01. The molecule has 1 aliphatic heterocycles. The number of carbonyl (C=O) groups excluding carboxylic acids is 1. The minimum Gasteiger partial charge on any atom is -0.494 e. The van der Waals surface area contributed by atoms with Gasteiger partial charge in [0.25, 0.3) is 5.91 Å². The summed E-state index contributed by atoms with van der Waals surface area (Å²) in [6, 6.07) is 7.07. The topological polar surface area (TPSA) is 70.6 Å². The third-order valence-corrected chi connectivity index (χ3v) is 4.24. The van der Waals surface area contributed by atoms with Gasteiger partial charge in [-0.25, -0.2) is 4.98 Å². The van der Waals surface area contributed by atoms with Gasteiger partial charge in [0.2, 0.25) is 5.95 Å². The lowest BCUT2D eigenvalue weighted by molar-refractivity contribution is 0.102. The van der Waals surface area contributed by atoms with Crippen molar-refractivity contribution in [2.24, 2.45) is 0 Å². The minimum absolute atomic E-state index is 0.200. The summed E-state index contributed by atoms with van der Waals surface area (Å²) in [7, 11) is 3.81. The molecule has 0 unspecified atom stereocenters. The lowest BCUT2D eigenvalue weighted by Gasteiger charge is -2.21. The molecule has 3 rings (SSSR count). The van der Waals surface area contributed by atoms with Crippen molar-refractivity contribution in [3.05, 3.63) is 36.0 Å². The summed E-state index contributed by atoms with van der Waals surface area (Å²) < 4.78 is 5.41. The first kappa shape index (κ1) is 18.0. The summed E-state index contributed by atoms with van der Waals surface area (Å²) in [5.74, 6) is 1.96. The molecule has 1 aliphatic rings. The van der Waals surface area contributed by atoms with E-state index in [1.807, 2.05) is 25.9 Å². The van der Waals surface area contributed by atoms with Gasteiger partial charge < -0.3 is 19.9 Å². The molecule has 138 valence electrons. The van der Waals surface area contributed by atoms with Gasteiger partial charge in [-0.05, 0) is 44.0 Å². The minimum atomic E-state index is -0.200. The standard InChI is InChI=1S/C19H25N5O2/c1-4-26-15-9-7-14(8-10-15)18(25)21-16-13-20-19(22-17(16)23(2)3)24-11-5-6-12-24/h7-10,13H,4-6,11-12H2,1-3H3,(H,21,25). The molecule has 0 spiro atoms. The average molecular weight is 355 g/mol.